The van der Waals surface area contributed by atoms with E-state index in [0.29, 0.717) is 0 Å². The maximum Gasteiger partial charge on any atom is 0.235 e. The molecule has 0 aliphatic heterocycles. The van der Waals surface area contributed by atoms with Crippen LogP contribution in [0.1, 0.15) is 13.8 Å². The summed E-state index contributed by atoms with van der Waals surface area (Å²) in [6, 6.07) is 4.26. The van der Waals surface area contributed by atoms with Crippen molar-refractivity contribution >= 4 is 29.0 Å². The van der Waals surface area contributed by atoms with Crippen LogP contribution in [0.15, 0.2) is 23.4 Å². The van der Waals surface area contributed by atoms with Gasteiger partial charge < -0.3 is 16.3 Å². The second-order valence-electron chi connectivity index (χ2n) is 4.34. The number of nitrogens with one attached hydrogen (secondary N) is 1. The smallest absolute Gasteiger partial charge is 0.235 e. The maximum absolute atomic E-state index is 13.7. The van der Waals surface area contributed by atoms with Crippen LogP contribution in [0, 0.1) is 17.7 Å². The normalized spacial score (nSPS) is 13.4. The third-order valence-corrected chi connectivity index (χ3v) is 2.88. The average Bonchev–Trinajstić information content (AvgIpc) is 2.34. The van der Waals surface area contributed by atoms with Crippen LogP contribution in [0.2, 0.25) is 5.02 Å². The number of hydrogen-bond acceptors (Lipinski definition) is 3. The van der Waals surface area contributed by atoms with Crippen LogP contribution in [0.5, 0.6) is 0 Å². The first-order chi connectivity index (χ1) is 8.88. The molecule has 0 spiro atoms. The van der Waals surface area contributed by atoms with Gasteiger partial charge in [0.25, 0.3) is 0 Å². The molecule has 1 aromatic carbocycles. The van der Waals surface area contributed by atoms with E-state index in [0.717, 1.165) is 0 Å². The molecular formula is C12H15ClFN3O2. The van der Waals surface area contributed by atoms with E-state index in [2.05, 4.69) is 10.5 Å². The Hall–Kier alpha value is -1.82. The minimum Gasteiger partial charge on any atom is -0.409 e. The van der Waals surface area contributed by atoms with Crippen molar-refractivity contribution < 1.29 is 14.4 Å². The second-order valence-corrected chi connectivity index (χ2v) is 4.74. The van der Waals surface area contributed by atoms with Gasteiger partial charge in [0.1, 0.15) is 5.92 Å². The lowest BCUT2D eigenvalue weighted by atomic mass is 9.94. The number of nitrogens with zero attached hydrogens (tertiary/aromatic N) is 1. The summed E-state index contributed by atoms with van der Waals surface area (Å²) in [6.07, 6.45) is 0. The largest absolute Gasteiger partial charge is 0.409 e. The number of amidine groups is 1. The van der Waals surface area contributed by atoms with Gasteiger partial charge in [-0.3, -0.25) is 4.79 Å². The highest BCUT2D eigenvalue weighted by molar-refractivity contribution is 6.31. The van der Waals surface area contributed by atoms with Crippen LogP contribution >= 0.6 is 11.6 Å². The van der Waals surface area contributed by atoms with Gasteiger partial charge >= 0.3 is 0 Å². The van der Waals surface area contributed by atoms with Gasteiger partial charge in [-0.2, -0.15) is 0 Å². The van der Waals surface area contributed by atoms with Crippen LogP contribution in [-0.2, 0) is 4.79 Å². The maximum atomic E-state index is 13.7. The van der Waals surface area contributed by atoms with Crippen molar-refractivity contribution in [3.05, 3.63) is 29.0 Å². The zero-order valence-corrected chi connectivity index (χ0v) is 11.3. The molecule has 5 nitrogen and oxygen atoms in total. The summed E-state index contributed by atoms with van der Waals surface area (Å²) in [5, 5.41) is 13.8. The zero-order valence-electron chi connectivity index (χ0n) is 10.5. The van der Waals surface area contributed by atoms with Gasteiger partial charge in [-0.1, -0.05) is 36.7 Å². The van der Waals surface area contributed by atoms with Crippen molar-refractivity contribution in [2.24, 2.45) is 22.7 Å². The van der Waals surface area contributed by atoms with E-state index in [-0.39, 0.29) is 22.5 Å². The van der Waals surface area contributed by atoms with Gasteiger partial charge in [-0.25, -0.2) is 4.39 Å². The molecule has 7 heteroatoms. The lowest BCUT2D eigenvalue weighted by Gasteiger charge is -2.19. The molecule has 1 amide bonds. The predicted molar refractivity (Wildman–Crippen MR) is 71.8 cm³/mol. The molecule has 0 saturated carbocycles. The Morgan fingerprint density at radius 3 is 2.68 bits per heavy atom. The van der Waals surface area contributed by atoms with Crippen molar-refractivity contribution in [1.82, 2.24) is 0 Å². The van der Waals surface area contributed by atoms with Gasteiger partial charge in [0.15, 0.2) is 11.7 Å². The summed E-state index contributed by atoms with van der Waals surface area (Å²) in [4.78, 5) is 12.0. The van der Waals surface area contributed by atoms with Crippen LogP contribution in [0.4, 0.5) is 10.1 Å². The molecule has 0 aliphatic carbocycles. The molecule has 0 fully saturated rings. The molecule has 1 rings (SSSR count). The Balaban J connectivity index is 2.97. The summed E-state index contributed by atoms with van der Waals surface area (Å²) < 4.78 is 13.7. The number of oxime groups is 1. The number of halogens is 2. The fourth-order valence-corrected chi connectivity index (χ4v) is 1.83. The molecule has 1 unspecified atom stereocenters. The van der Waals surface area contributed by atoms with E-state index in [4.69, 9.17) is 22.5 Å². The number of hydrogen-bond donors (Lipinski definition) is 3. The van der Waals surface area contributed by atoms with Gasteiger partial charge in [0.2, 0.25) is 5.91 Å². The van der Waals surface area contributed by atoms with Crippen LogP contribution in [-0.4, -0.2) is 17.0 Å². The van der Waals surface area contributed by atoms with Crippen LogP contribution in [0.3, 0.4) is 0 Å². The first-order valence-corrected chi connectivity index (χ1v) is 5.98. The van der Waals surface area contributed by atoms with E-state index in [1.165, 1.54) is 18.2 Å². The number of carbonyl (C=O) groups is 1. The summed E-state index contributed by atoms with van der Waals surface area (Å²) in [5.74, 6) is -2.58. The van der Waals surface area contributed by atoms with E-state index in [9.17, 15) is 9.18 Å². The van der Waals surface area contributed by atoms with Gasteiger partial charge in [-0.15, -0.1) is 0 Å². The summed E-state index contributed by atoms with van der Waals surface area (Å²) in [7, 11) is 0. The number of rotatable bonds is 4. The SMILES string of the molecule is CC(C)C(C(=O)Nc1cccc(Cl)c1F)C(N)=NO. The Labute approximate surface area is 115 Å². The van der Waals surface area contributed by atoms with E-state index in [1.54, 1.807) is 13.8 Å². The topological polar surface area (TPSA) is 87.7 Å². The molecule has 1 aromatic rings. The fraction of sp³-hybridized carbons (Fsp3) is 0.333. The molecule has 0 aliphatic rings. The number of anilines is 1. The third-order valence-electron chi connectivity index (χ3n) is 2.59. The van der Waals surface area contributed by atoms with Gasteiger partial charge in [0, 0.05) is 0 Å². The van der Waals surface area contributed by atoms with Crippen molar-refractivity contribution in [1.29, 1.82) is 0 Å². The number of carbonyl (C=O) groups excluding carboxylic acids is 1. The first kappa shape index (κ1) is 15.2. The van der Waals surface area contributed by atoms with Crippen LogP contribution in [0.25, 0.3) is 0 Å². The fourth-order valence-electron chi connectivity index (χ4n) is 1.65. The number of benzene rings is 1. The zero-order chi connectivity index (χ0) is 14.6. The Morgan fingerprint density at radius 1 is 1.53 bits per heavy atom. The van der Waals surface area contributed by atoms with E-state index >= 15 is 0 Å². The Kier molecular flexibility index (Phi) is 5.11. The minimum atomic E-state index is -0.858. The molecule has 4 N–H and O–H groups in total. The molecule has 1 atom stereocenters. The minimum absolute atomic E-state index is 0.0473. The molecular weight excluding hydrogens is 273 g/mol. The van der Waals surface area contributed by atoms with Crippen molar-refractivity contribution in [3.8, 4) is 0 Å². The standard InChI is InChI=1S/C12H15ClFN3O2/c1-6(2)9(11(15)17-19)12(18)16-8-5-3-4-7(13)10(8)14/h3-6,9,19H,1-2H3,(H2,15,17)(H,16,18). The Morgan fingerprint density at radius 2 is 2.16 bits per heavy atom. The summed E-state index contributed by atoms with van der Waals surface area (Å²) in [6.45, 7) is 3.47. The molecule has 0 heterocycles. The number of nitrogens with two attached hydrogens (primary N) is 1. The van der Waals surface area contributed by atoms with Gasteiger partial charge in [0.05, 0.1) is 10.7 Å². The quantitative estimate of drug-likeness (QED) is 0.344. The second kappa shape index (κ2) is 6.38. The molecule has 0 bridgehead atoms. The monoisotopic (exact) mass is 287 g/mol. The van der Waals surface area contributed by atoms with Crippen molar-refractivity contribution in [2.75, 3.05) is 5.32 Å². The van der Waals surface area contributed by atoms with Crippen molar-refractivity contribution in [3.63, 3.8) is 0 Å². The molecule has 104 valence electrons. The van der Waals surface area contributed by atoms with Gasteiger partial charge in [-0.05, 0) is 18.1 Å². The highest BCUT2D eigenvalue weighted by Crippen LogP contribution is 2.23. The van der Waals surface area contributed by atoms with E-state index < -0.39 is 17.6 Å². The van der Waals surface area contributed by atoms with Crippen molar-refractivity contribution in [2.45, 2.75) is 13.8 Å². The third kappa shape index (κ3) is 3.57. The summed E-state index contributed by atoms with van der Waals surface area (Å²) >= 11 is 5.61. The number of amides is 1. The highest BCUT2D eigenvalue weighted by Gasteiger charge is 2.27. The summed E-state index contributed by atoms with van der Waals surface area (Å²) in [5.41, 5.74) is 5.41. The molecule has 19 heavy (non-hydrogen) atoms. The van der Waals surface area contributed by atoms with E-state index in [1.807, 2.05) is 0 Å². The lowest BCUT2D eigenvalue weighted by Crippen LogP contribution is -2.38. The molecule has 0 radical (unpaired) electrons. The highest BCUT2D eigenvalue weighted by atomic mass is 35.5. The van der Waals surface area contributed by atoms with Crippen LogP contribution < -0.4 is 11.1 Å². The Bertz CT molecular complexity index is 506. The predicted octanol–water partition coefficient (Wildman–Crippen LogP) is 2.44. The molecule has 0 aromatic heterocycles. The lowest BCUT2D eigenvalue weighted by molar-refractivity contribution is -0.119. The molecule has 0 saturated heterocycles. The average molecular weight is 288 g/mol. The first-order valence-electron chi connectivity index (χ1n) is 5.60.